The summed E-state index contributed by atoms with van der Waals surface area (Å²) < 4.78 is 14.8. The molecule has 2 unspecified atom stereocenters. The van der Waals surface area contributed by atoms with Crippen LogP contribution in [-0.4, -0.2) is 37.6 Å². The van der Waals surface area contributed by atoms with Gasteiger partial charge in [0.25, 0.3) is 0 Å². The summed E-state index contributed by atoms with van der Waals surface area (Å²) in [6, 6.07) is 0. The van der Waals surface area contributed by atoms with E-state index in [-0.39, 0.29) is 6.61 Å². The highest BCUT2D eigenvalue weighted by molar-refractivity contribution is 5.68. The maximum absolute atomic E-state index is 11.2. The number of carbonyl (C=O) groups is 2. The summed E-state index contributed by atoms with van der Waals surface area (Å²) >= 11 is 0. The summed E-state index contributed by atoms with van der Waals surface area (Å²) in [7, 11) is 0. The van der Waals surface area contributed by atoms with Crippen molar-refractivity contribution in [2.24, 2.45) is 0 Å². The van der Waals surface area contributed by atoms with Gasteiger partial charge in [-0.1, -0.05) is 0 Å². The van der Waals surface area contributed by atoms with Crippen LogP contribution in [-0.2, 0) is 19.0 Å². The van der Waals surface area contributed by atoms with Gasteiger partial charge in [-0.25, -0.2) is 4.79 Å². The Hall–Kier alpha value is -1.30. The standard InChI is InChI=1S/C10H19NO5/c1-5-14-9(7(3)16-8(4)12)11-10(13)15-6-2/h7,9H,5-6H2,1-4H3,(H,11,13). The summed E-state index contributed by atoms with van der Waals surface area (Å²) in [5.41, 5.74) is 0. The van der Waals surface area contributed by atoms with Crippen molar-refractivity contribution in [3.05, 3.63) is 0 Å². The second-order valence-corrected chi connectivity index (χ2v) is 3.06. The predicted octanol–water partition coefficient (Wildman–Crippen LogP) is 1.05. The molecule has 0 aliphatic carbocycles. The van der Waals surface area contributed by atoms with Crippen LogP contribution in [0.5, 0.6) is 0 Å². The van der Waals surface area contributed by atoms with E-state index >= 15 is 0 Å². The molecule has 6 nitrogen and oxygen atoms in total. The smallest absolute Gasteiger partial charge is 0.409 e. The van der Waals surface area contributed by atoms with Gasteiger partial charge in [0.05, 0.1) is 6.61 Å². The molecule has 1 N–H and O–H groups in total. The van der Waals surface area contributed by atoms with Crippen LogP contribution in [0, 0.1) is 0 Å². The summed E-state index contributed by atoms with van der Waals surface area (Å²) in [4.78, 5) is 21.9. The molecular formula is C10H19NO5. The molecule has 0 saturated carbocycles. The second-order valence-electron chi connectivity index (χ2n) is 3.06. The fourth-order valence-corrected chi connectivity index (χ4v) is 1.09. The Morgan fingerprint density at radius 2 is 1.88 bits per heavy atom. The third-order valence-corrected chi connectivity index (χ3v) is 1.66. The van der Waals surface area contributed by atoms with Crippen molar-refractivity contribution in [3.63, 3.8) is 0 Å². The molecular weight excluding hydrogens is 214 g/mol. The van der Waals surface area contributed by atoms with E-state index in [1.54, 1.807) is 20.8 Å². The Kier molecular flexibility index (Phi) is 7.28. The first-order valence-electron chi connectivity index (χ1n) is 5.23. The molecule has 0 bridgehead atoms. The van der Waals surface area contributed by atoms with Gasteiger partial charge in [0.2, 0.25) is 0 Å². The molecule has 1 amide bonds. The molecule has 16 heavy (non-hydrogen) atoms. The fourth-order valence-electron chi connectivity index (χ4n) is 1.09. The van der Waals surface area contributed by atoms with Crippen LogP contribution in [0.2, 0.25) is 0 Å². The van der Waals surface area contributed by atoms with E-state index in [1.165, 1.54) is 6.92 Å². The number of amides is 1. The molecule has 2 atom stereocenters. The van der Waals surface area contributed by atoms with Crippen molar-refractivity contribution in [1.82, 2.24) is 5.32 Å². The molecule has 0 aliphatic rings. The Bertz CT molecular complexity index is 231. The van der Waals surface area contributed by atoms with Crippen LogP contribution in [0.3, 0.4) is 0 Å². The number of alkyl carbamates (subject to hydrolysis) is 1. The lowest BCUT2D eigenvalue weighted by Crippen LogP contribution is -2.45. The second kappa shape index (κ2) is 7.92. The minimum atomic E-state index is -0.701. The highest BCUT2D eigenvalue weighted by atomic mass is 16.6. The number of nitrogens with one attached hydrogen (secondary N) is 1. The third-order valence-electron chi connectivity index (χ3n) is 1.66. The zero-order valence-corrected chi connectivity index (χ0v) is 10.1. The monoisotopic (exact) mass is 233 g/mol. The largest absolute Gasteiger partial charge is 0.458 e. The van der Waals surface area contributed by atoms with E-state index in [0.29, 0.717) is 6.61 Å². The number of hydrogen-bond donors (Lipinski definition) is 1. The van der Waals surface area contributed by atoms with Gasteiger partial charge in [0, 0.05) is 13.5 Å². The first-order valence-corrected chi connectivity index (χ1v) is 5.23. The normalized spacial score (nSPS) is 13.8. The van der Waals surface area contributed by atoms with E-state index in [4.69, 9.17) is 14.2 Å². The van der Waals surface area contributed by atoms with Crippen molar-refractivity contribution in [1.29, 1.82) is 0 Å². The number of rotatable bonds is 6. The van der Waals surface area contributed by atoms with Gasteiger partial charge in [-0.2, -0.15) is 0 Å². The maximum atomic E-state index is 11.2. The van der Waals surface area contributed by atoms with Crippen LogP contribution in [0.25, 0.3) is 0 Å². The topological polar surface area (TPSA) is 73.9 Å². The van der Waals surface area contributed by atoms with E-state index < -0.39 is 24.4 Å². The SMILES string of the molecule is CCOC(=O)NC(OCC)C(C)OC(C)=O. The summed E-state index contributed by atoms with van der Waals surface area (Å²) in [5.74, 6) is -0.428. The van der Waals surface area contributed by atoms with Gasteiger partial charge >= 0.3 is 12.1 Å². The Balaban J connectivity index is 4.24. The van der Waals surface area contributed by atoms with Crippen LogP contribution in [0.15, 0.2) is 0 Å². The first kappa shape index (κ1) is 14.7. The zero-order chi connectivity index (χ0) is 12.6. The van der Waals surface area contributed by atoms with Crippen molar-refractivity contribution < 1.29 is 23.8 Å². The fraction of sp³-hybridized carbons (Fsp3) is 0.800. The quantitative estimate of drug-likeness (QED) is 0.548. The van der Waals surface area contributed by atoms with Gasteiger partial charge in [-0.3, -0.25) is 10.1 Å². The minimum absolute atomic E-state index is 0.270. The molecule has 0 aromatic rings. The van der Waals surface area contributed by atoms with Gasteiger partial charge in [0.15, 0.2) is 6.23 Å². The average Bonchev–Trinajstić information content (AvgIpc) is 2.16. The van der Waals surface area contributed by atoms with Crippen LogP contribution in [0.1, 0.15) is 27.7 Å². The first-order chi connectivity index (χ1) is 7.51. The van der Waals surface area contributed by atoms with E-state index in [9.17, 15) is 9.59 Å². The van der Waals surface area contributed by atoms with Crippen LogP contribution in [0.4, 0.5) is 4.79 Å². The molecule has 0 aliphatic heterocycles. The lowest BCUT2D eigenvalue weighted by atomic mass is 10.3. The van der Waals surface area contributed by atoms with Gasteiger partial charge in [0.1, 0.15) is 6.10 Å². The molecule has 0 spiro atoms. The lowest BCUT2D eigenvalue weighted by molar-refractivity contribution is -0.154. The molecule has 0 saturated heterocycles. The highest BCUT2D eigenvalue weighted by Crippen LogP contribution is 2.02. The number of carbonyl (C=O) groups excluding carboxylic acids is 2. The van der Waals surface area contributed by atoms with Crippen molar-refractivity contribution >= 4 is 12.1 Å². The Morgan fingerprint density at radius 3 is 2.31 bits per heavy atom. The van der Waals surface area contributed by atoms with E-state index in [0.717, 1.165) is 0 Å². The Morgan fingerprint density at radius 1 is 1.25 bits per heavy atom. The number of hydrogen-bond acceptors (Lipinski definition) is 5. The molecule has 0 heterocycles. The van der Waals surface area contributed by atoms with Crippen molar-refractivity contribution in [3.8, 4) is 0 Å². The van der Waals surface area contributed by atoms with Gasteiger partial charge in [-0.15, -0.1) is 0 Å². The third kappa shape index (κ3) is 6.23. The molecule has 0 rings (SSSR count). The highest BCUT2D eigenvalue weighted by Gasteiger charge is 2.22. The molecule has 6 heteroatoms. The van der Waals surface area contributed by atoms with Gasteiger partial charge < -0.3 is 14.2 Å². The molecule has 0 aromatic heterocycles. The molecule has 0 fully saturated rings. The number of esters is 1. The lowest BCUT2D eigenvalue weighted by Gasteiger charge is -2.23. The zero-order valence-electron chi connectivity index (χ0n) is 10.1. The summed E-state index contributed by atoms with van der Waals surface area (Å²) in [6.45, 7) is 7.07. The minimum Gasteiger partial charge on any atom is -0.458 e. The molecule has 0 aromatic carbocycles. The maximum Gasteiger partial charge on any atom is 0.409 e. The molecule has 0 radical (unpaired) electrons. The molecule has 94 valence electrons. The number of ether oxygens (including phenoxy) is 3. The van der Waals surface area contributed by atoms with Gasteiger partial charge in [-0.05, 0) is 20.8 Å². The summed E-state index contributed by atoms with van der Waals surface area (Å²) in [6.07, 6.45) is -1.87. The van der Waals surface area contributed by atoms with Crippen molar-refractivity contribution in [2.75, 3.05) is 13.2 Å². The van der Waals surface area contributed by atoms with E-state index in [2.05, 4.69) is 5.32 Å². The van der Waals surface area contributed by atoms with Crippen molar-refractivity contribution in [2.45, 2.75) is 40.0 Å². The van der Waals surface area contributed by atoms with E-state index in [1.807, 2.05) is 0 Å². The van der Waals surface area contributed by atoms with Crippen LogP contribution >= 0.6 is 0 Å². The Labute approximate surface area is 95.2 Å². The van der Waals surface area contributed by atoms with Crippen LogP contribution < -0.4 is 5.32 Å². The average molecular weight is 233 g/mol. The summed E-state index contributed by atoms with van der Waals surface area (Å²) in [5, 5.41) is 2.46. The predicted molar refractivity (Wildman–Crippen MR) is 56.8 cm³/mol.